The first kappa shape index (κ1) is 19.1. The van der Waals surface area contributed by atoms with Crippen molar-refractivity contribution in [1.29, 1.82) is 0 Å². The number of Topliss-reactive ketones (excluding diaryl/α,β-unsaturated/α-hetero) is 1. The third-order valence-electron chi connectivity index (χ3n) is 4.59. The second kappa shape index (κ2) is 7.92. The van der Waals surface area contributed by atoms with Crippen LogP contribution in [0.15, 0.2) is 48.5 Å². The molecule has 0 bridgehead atoms. The predicted molar refractivity (Wildman–Crippen MR) is 103 cm³/mol. The van der Waals surface area contributed by atoms with Crippen LogP contribution in [0.1, 0.15) is 29.3 Å². The van der Waals surface area contributed by atoms with Crippen LogP contribution in [-0.2, 0) is 14.3 Å². The van der Waals surface area contributed by atoms with Gasteiger partial charge in [-0.3, -0.25) is 14.4 Å². The molecule has 0 saturated carbocycles. The van der Waals surface area contributed by atoms with Gasteiger partial charge in [0, 0.05) is 29.2 Å². The number of benzene rings is 2. The normalized spacial score (nSPS) is 17.7. The van der Waals surface area contributed by atoms with E-state index in [1.165, 1.54) is 4.90 Å². The average molecular weight is 386 g/mol. The Hall–Kier alpha value is -2.66. The molecular formula is C21H20ClNO4. The maximum absolute atomic E-state index is 12.4. The highest BCUT2D eigenvalue weighted by Gasteiger charge is 2.37. The Morgan fingerprint density at radius 1 is 1.11 bits per heavy atom. The number of ketones is 1. The molecule has 0 aromatic heterocycles. The SMILES string of the molecule is Cc1ccc(C(=O)[C@H](C)OC(=O)[C@@H]2CC(=O)N(c3ccc(Cl)cc3)C2)cc1. The predicted octanol–water partition coefficient (Wildman–Crippen LogP) is 3.82. The Labute approximate surface area is 162 Å². The van der Waals surface area contributed by atoms with E-state index in [0.717, 1.165) is 5.56 Å². The smallest absolute Gasteiger partial charge is 0.312 e. The van der Waals surface area contributed by atoms with Gasteiger partial charge in [-0.25, -0.2) is 0 Å². The molecule has 2 aromatic rings. The number of ether oxygens (including phenoxy) is 1. The number of carbonyl (C=O) groups excluding carboxylic acids is 3. The van der Waals surface area contributed by atoms with Crippen LogP contribution >= 0.6 is 11.6 Å². The molecule has 27 heavy (non-hydrogen) atoms. The van der Waals surface area contributed by atoms with Gasteiger partial charge in [-0.15, -0.1) is 0 Å². The number of esters is 1. The van der Waals surface area contributed by atoms with Crippen molar-refractivity contribution in [1.82, 2.24) is 0 Å². The van der Waals surface area contributed by atoms with Gasteiger partial charge in [-0.05, 0) is 38.1 Å². The molecule has 0 unspecified atom stereocenters. The van der Waals surface area contributed by atoms with E-state index in [2.05, 4.69) is 0 Å². The lowest BCUT2D eigenvalue weighted by molar-refractivity contribution is -0.151. The molecule has 1 aliphatic heterocycles. The van der Waals surface area contributed by atoms with Crippen LogP contribution in [0.25, 0.3) is 0 Å². The second-order valence-corrected chi connectivity index (χ2v) is 7.13. The van der Waals surface area contributed by atoms with E-state index < -0.39 is 18.0 Å². The summed E-state index contributed by atoms with van der Waals surface area (Å²) in [6.45, 7) is 3.71. The van der Waals surface area contributed by atoms with Crippen LogP contribution in [0.3, 0.4) is 0 Å². The molecule has 3 rings (SSSR count). The van der Waals surface area contributed by atoms with Crippen LogP contribution in [0.2, 0.25) is 5.02 Å². The Kier molecular flexibility index (Phi) is 5.61. The van der Waals surface area contributed by atoms with Crippen molar-refractivity contribution in [3.05, 3.63) is 64.7 Å². The summed E-state index contributed by atoms with van der Waals surface area (Å²) in [5, 5.41) is 0.574. The maximum Gasteiger partial charge on any atom is 0.312 e. The monoisotopic (exact) mass is 385 g/mol. The van der Waals surface area contributed by atoms with Gasteiger partial charge >= 0.3 is 5.97 Å². The number of halogens is 1. The Bertz CT molecular complexity index is 861. The topological polar surface area (TPSA) is 63.7 Å². The van der Waals surface area contributed by atoms with Crippen LogP contribution in [0, 0.1) is 12.8 Å². The minimum Gasteiger partial charge on any atom is -0.454 e. The zero-order valence-electron chi connectivity index (χ0n) is 15.1. The lowest BCUT2D eigenvalue weighted by atomic mass is 10.1. The third kappa shape index (κ3) is 4.37. The van der Waals surface area contributed by atoms with Crippen molar-refractivity contribution >= 4 is 34.9 Å². The number of amides is 1. The van der Waals surface area contributed by atoms with E-state index in [1.54, 1.807) is 43.3 Å². The van der Waals surface area contributed by atoms with Crippen molar-refractivity contribution < 1.29 is 19.1 Å². The van der Waals surface area contributed by atoms with Crippen LogP contribution in [0.4, 0.5) is 5.69 Å². The molecular weight excluding hydrogens is 366 g/mol. The molecule has 0 radical (unpaired) electrons. The van der Waals surface area contributed by atoms with E-state index >= 15 is 0 Å². The molecule has 5 nitrogen and oxygen atoms in total. The highest BCUT2D eigenvalue weighted by Crippen LogP contribution is 2.27. The number of anilines is 1. The maximum atomic E-state index is 12.4. The van der Waals surface area contributed by atoms with Gasteiger partial charge in [0.2, 0.25) is 11.7 Å². The highest BCUT2D eigenvalue weighted by molar-refractivity contribution is 6.30. The average Bonchev–Trinajstić information content (AvgIpc) is 3.04. The van der Waals surface area contributed by atoms with E-state index in [9.17, 15) is 14.4 Å². The molecule has 1 aliphatic rings. The number of hydrogen-bond donors (Lipinski definition) is 0. The number of nitrogens with zero attached hydrogens (tertiary/aromatic N) is 1. The van der Waals surface area contributed by atoms with Crippen molar-refractivity contribution in [2.24, 2.45) is 5.92 Å². The van der Waals surface area contributed by atoms with Gasteiger partial charge in [0.05, 0.1) is 5.92 Å². The molecule has 1 fully saturated rings. The number of rotatable bonds is 5. The summed E-state index contributed by atoms with van der Waals surface area (Å²) < 4.78 is 5.34. The fourth-order valence-corrected chi connectivity index (χ4v) is 3.14. The Morgan fingerprint density at radius 2 is 1.74 bits per heavy atom. The number of hydrogen-bond acceptors (Lipinski definition) is 4. The molecule has 1 amide bonds. The van der Waals surface area contributed by atoms with Gasteiger partial charge in [0.1, 0.15) is 0 Å². The molecule has 1 saturated heterocycles. The van der Waals surface area contributed by atoms with Gasteiger partial charge < -0.3 is 9.64 Å². The summed E-state index contributed by atoms with van der Waals surface area (Å²) >= 11 is 5.87. The zero-order chi connectivity index (χ0) is 19.6. The van der Waals surface area contributed by atoms with E-state index in [4.69, 9.17) is 16.3 Å². The lowest BCUT2D eigenvalue weighted by Gasteiger charge is -2.18. The van der Waals surface area contributed by atoms with Crippen molar-refractivity contribution in [2.45, 2.75) is 26.4 Å². The molecule has 140 valence electrons. The minimum absolute atomic E-state index is 0.0624. The summed E-state index contributed by atoms with van der Waals surface area (Å²) in [7, 11) is 0. The fraction of sp³-hybridized carbons (Fsp3) is 0.286. The van der Waals surface area contributed by atoms with Crippen LogP contribution in [0.5, 0.6) is 0 Å². The van der Waals surface area contributed by atoms with Crippen LogP contribution in [-0.4, -0.2) is 30.3 Å². The Balaban J connectivity index is 1.62. The molecule has 1 heterocycles. The summed E-state index contributed by atoms with van der Waals surface area (Å²) in [6.07, 6.45) is -0.840. The van der Waals surface area contributed by atoms with E-state index in [-0.39, 0.29) is 24.7 Å². The number of carbonyl (C=O) groups is 3. The zero-order valence-corrected chi connectivity index (χ0v) is 15.9. The van der Waals surface area contributed by atoms with Crippen LogP contribution < -0.4 is 4.90 Å². The summed E-state index contributed by atoms with van der Waals surface area (Å²) in [4.78, 5) is 38.7. The Morgan fingerprint density at radius 3 is 2.37 bits per heavy atom. The summed E-state index contributed by atoms with van der Waals surface area (Å²) in [5.74, 6) is -1.55. The van der Waals surface area contributed by atoms with Crippen molar-refractivity contribution in [3.8, 4) is 0 Å². The van der Waals surface area contributed by atoms with Gasteiger partial charge in [-0.1, -0.05) is 41.4 Å². The van der Waals surface area contributed by atoms with E-state index in [0.29, 0.717) is 16.3 Å². The molecule has 0 aliphatic carbocycles. The second-order valence-electron chi connectivity index (χ2n) is 6.69. The van der Waals surface area contributed by atoms with Gasteiger partial charge in [-0.2, -0.15) is 0 Å². The van der Waals surface area contributed by atoms with E-state index in [1.807, 2.05) is 19.1 Å². The molecule has 0 spiro atoms. The first-order valence-corrected chi connectivity index (χ1v) is 9.10. The fourth-order valence-electron chi connectivity index (χ4n) is 3.01. The van der Waals surface area contributed by atoms with Crippen molar-refractivity contribution in [2.75, 3.05) is 11.4 Å². The minimum atomic E-state index is -0.903. The largest absolute Gasteiger partial charge is 0.454 e. The van der Waals surface area contributed by atoms with Gasteiger partial charge in [0.15, 0.2) is 6.10 Å². The highest BCUT2D eigenvalue weighted by atomic mass is 35.5. The molecule has 2 atom stereocenters. The van der Waals surface area contributed by atoms with Gasteiger partial charge in [0.25, 0.3) is 0 Å². The van der Waals surface area contributed by atoms with Crippen molar-refractivity contribution in [3.63, 3.8) is 0 Å². The lowest BCUT2D eigenvalue weighted by Crippen LogP contribution is -2.30. The molecule has 0 N–H and O–H groups in total. The summed E-state index contributed by atoms with van der Waals surface area (Å²) in [6, 6.07) is 13.9. The first-order chi connectivity index (χ1) is 12.8. The summed E-state index contributed by atoms with van der Waals surface area (Å²) in [5.41, 5.74) is 2.22. The molecule has 6 heteroatoms. The number of aryl methyl sites for hydroxylation is 1. The molecule has 2 aromatic carbocycles. The first-order valence-electron chi connectivity index (χ1n) is 8.72. The standard InChI is InChI=1S/C21H20ClNO4/c1-13-3-5-15(6-4-13)20(25)14(2)27-21(26)16-11-19(24)23(12-16)18-9-7-17(22)8-10-18/h3-10,14,16H,11-12H2,1-2H3/t14-,16+/m0/s1. The third-order valence-corrected chi connectivity index (χ3v) is 4.85. The quantitative estimate of drug-likeness (QED) is 0.579.